The smallest absolute Gasteiger partial charge is 0.251 e. The SMILES string of the molecule is CN(C)C(CNC(=O)c1ccc(-n2cccn2)cc1)c1cccs1. The molecule has 6 heteroatoms. The first kappa shape index (κ1) is 16.4. The molecule has 3 rings (SSSR count). The maximum Gasteiger partial charge on any atom is 0.251 e. The van der Waals surface area contributed by atoms with Crippen LogP contribution in [-0.4, -0.2) is 41.2 Å². The van der Waals surface area contributed by atoms with Crippen molar-refractivity contribution >= 4 is 17.2 Å². The molecule has 0 aliphatic heterocycles. The second-order valence-electron chi connectivity index (χ2n) is 5.70. The minimum Gasteiger partial charge on any atom is -0.350 e. The molecule has 0 saturated heterocycles. The Bertz CT molecular complexity index is 764. The van der Waals surface area contributed by atoms with Crippen LogP contribution in [0.25, 0.3) is 5.69 Å². The van der Waals surface area contributed by atoms with E-state index in [0.29, 0.717) is 12.1 Å². The molecule has 1 atom stereocenters. The highest BCUT2D eigenvalue weighted by atomic mass is 32.1. The van der Waals surface area contributed by atoms with Crippen LogP contribution in [-0.2, 0) is 0 Å². The van der Waals surface area contributed by atoms with Gasteiger partial charge in [-0.15, -0.1) is 11.3 Å². The van der Waals surface area contributed by atoms with Crippen LogP contribution < -0.4 is 5.32 Å². The van der Waals surface area contributed by atoms with Crippen molar-refractivity contribution in [1.82, 2.24) is 20.0 Å². The highest BCUT2D eigenvalue weighted by Crippen LogP contribution is 2.22. The molecule has 0 spiro atoms. The van der Waals surface area contributed by atoms with Crippen LogP contribution in [0, 0.1) is 0 Å². The molecule has 2 aromatic heterocycles. The van der Waals surface area contributed by atoms with Gasteiger partial charge in [0, 0.05) is 29.4 Å². The average molecular weight is 340 g/mol. The van der Waals surface area contributed by atoms with Gasteiger partial charge in [0.2, 0.25) is 0 Å². The Morgan fingerprint density at radius 3 is 2.62 bits per heavy atom. The van der Waals surface area contributed by atoms with Gasteiger partial charge in [-0.2, -0.15) is 5.10 Å². The fourth-order valence-corrected chi connectivity index (χ4v) is 3.42. The van der Waals surface area contributed by atoms with Crippen LogP contribution >= 0.6 is 11.3 Å². The van der Waals surface area contributed by atoms with E-state index in [1.54, 1.807) is 22.2 Å². The topological polar surface area (TPSA) is 50.2 Å². The van der Waals surface area contributed by atoms with Crippen molar-refractivity contribution in [2.45, 2.75) is 6.04 Å². The van der Waals surface area contributed by atoms with Gasteiger partial charge >= 0.3 is 0 Å². The maximum absolute atomic E-state index is 12.4. The van der Waals surface area contributed by atoms with Crippen LogP contribution in [0.3, 0.4) is 0 Å². The van der Waals surface area contributed by atoms with Crippen molar-refractivity contribution in [3.8, 4) is 5.69 Å². The molecule has 0 radical (unpaired) electrons. The Morgan fingerprint density at radius 2 is 2.04 bits per heavy atom. The molecule has 0 bridgehead atoms. The number of thiophene rings is 1. The zero-order chi connectivity index (χ0) is 16.9. The summed E-state index contributed by atoms with van der Waals surface area (Å²) in [6.07, 6.45) is 3.60. The van der Waals surface area contributed by atoms with E-state index in [-0.39, 0.29) is 11.9 Å². The van der Waals surface area contributed by atoms with Crippen molar-refractivity contribution in [3.05, 3.63) is 70.7 Å². The molecular formula is C18H20N4OS. The molecular weight excluding hydrogens is 320 g/mol. The third-order valence-corrected chi connectivity index (χ3v) is 4.82. The Balaban J connectivity index is 1.64. The first-order valence-corrected chi connectivity index (χ1v) is 8.61. The van der Waals surface area contributed by atoms with E-state index in [1.807, 2.05) is 56.7 Å². The second-order valence-corrected chi connectivity index (χ2v) is 6.68. The largest absolute Gasteiger partial charge is 0.350 e. The number of benzene rings is 1. The number of amides is 1. The minimum absolute atomic E-state index is 0.0644. The molecule has 24 heavy (non-hydrogen) atoms. The van der Waals surface area contributed by atoms with Crippen LogP contribution in [0.1, 0.15) is 21.3 Å². The van der Waals surface area contributed by atoms with E-state index >= 15 is 0 Å². The quantitative estimate of drug-likeness (QED) is 0.750. The van der Waals surface area contributed by atoms with Crippen molar-refractivity contribution in [1.29, 1.82) is 0 Å². The van der Waals surface area contributed by atoms with Gasteiger partial charge in [0.1, 0.15) is 0 Å². The van der Waals surface area contributed by atoms with Crippen molar-refractivity contribution in [3.63, 3.8) is 0 Å². The van der Waals surface area contributed by atoms with E-state index in [4.69, 9.17) is 0 Å². The normalized spacial score (nSPS) is 12.3. The number of carbonyl (C=O) groups is 1. The van der Waals surface area contributed by atoms with E-state index in [0.717, 1.165) is 5.69 Å². The summed E-state index contributed by atoms with van der Waals surface area (Å²) in [5.41, 5.74) is 1.58. The average Bonchev–Trinajstić information content (AvgIpc) is 3.28. The Morgan fingerprint density at radius 1 is 1.25 bits per heavy atom. The zero-order valence-electron chi connectivity index (χ0n) is 13.7. The fourth-order valence-electron chi connectivity index (χ4n) is 2.50. The van der Waals surface area contributed by atoms with Gasteiger partial charge < -0.3 is 10.2 Å². The number of hydrogen-bond donors (Lipinski definition) is 1. The third-order valence-electron chi connectivity index (χ3n) is 3.85. The van der Waals surface area contributed by atoms with Crippen LogP contribution in [0.5, 0.6) is 0 Å². The highest BCUT2D eigenvalue weighted by molar-refractivity contribution is 7.10. The molecule has 124 valence electrons. The van der Waals surface area contributed by atoms with Crippen molar-refractivity contribution in [2.75, 3.05) is 20.6 Å². The maximum atomic E-state index is 12.4. The van der Waals surface area contributed by atoms with E-state index in [1.165, 1.54) is 4.88 Å². The summed E-state index contributed by atoms with van der Waals surface area (Å²) in [6.45, 7) is 0.577. The van der Waals surface area contributed by atoms with Gasteiger partial charge in [-0.3, -0.25) is 4.79 Å². The lowest BCUT2D eigenvalue weighted by Gasteiger charge is -2.23. The van der Waals surface area contributed by atoms with Gasteiger partial charge in [-0.05, 0) is 55.9 Å². The van der Waals surface area contributed by atoms with E-state index in [9.17, 15) is 4.79 Å². The molecule has 2 heterocycles. The summed E-state index contributed by atoms with van der Waals surface area (Å²) in [7, 11) is 4.05. The molecule has 1 N–H and O–H groups in total. The minimum atomic E-state index is -0.0644. The molecule has 5 nitrogen and oxygen atoms in total. The summed E-state index contributed by atoms with van der Waals surface area (Å²) in [5.74, 6) is -0.0644. The second kappa shape index (κ2) is 7.42. The van der Waals surface area contributed by atoms with Gasteiger partial charge in [0.15, 0.2) is 0 Å². The molecule has 1 aromatic carbocycles. The zero-order valence-corrected chi connectivity index (χ0v) is 14.5. The summed E-state index contributed by atoms with van der Waals surface area (Å²) in [5, 5.41) is 9.26. The third kappa shape index (κ3) is 3.72. The molecule has 0 fully saturated rings. The van der Waals surface area contributed by atoms with Gasteiger partial charge in [-0.25, -0.2) is 4.68 Å². The number of nitrogens with one attached hydrogen (secondary N) is 1. The van der Waals surface area contributed by atoms with Crippen molar-refractivity contribution in [2.24, 2.45) is 0 Å². The lowest BCUT2D eigenvalue weighted by Crippen LogP contribution is -2.34. The molecule has 1 amide bonds. The molecule has 0 aliphatic rings. The number of nitrogens with zero attached hydrogens (tertiary/aromatic N) is 3. The Kier molecular flexibility index (Phi) is 5.08. The van der Waals surface area contributed by atoms with Gasteiger partial charge in [0.05, 0.1) is 11.7 Å². The van der Waals surface area contributed by atoms with E-state index < -0.39 is 0 Å². The number of likely N-dealkylation sites (N-methyl/N-ethyl adjacent to an activating group) is 1. The summed E-state index contributed by atoms with van der Waals surface area (Å²) in [6, 6.07) is 13.6. The molecule has 0 saturated carbocycles. The van der Waals surface area contributed by atoms with Crippen molar-refractivity contribution < 1.29 is 4.79 Å². The first-order valence-electron chi connectivity index (χ1n) is 7.73. The fraction of sp³-hybridized carbons (Fsp3) is 0.222. The highest BCUT2D eigenvalue weighted by Gasteiger charge is 2.16. The van der Waals surface area contributed by atoms with Crippen LogP contribution in [0.15, 0.2) is 60.2 Å². The number of carbonyl (C=O) groups excluding carboxylic acids is 1. The molecule has 3 aromatic rings. The van der Waals surface area contributed by atoms with Crippen LogP contribution in [0.4, 0.5) is 0 Å². The van der Waals surface area contributed by atoms with Gasteiger partial charge in [0.25, 0.3) is 5.91 Å². The number of hydrogen-bond acceptors (Lipinski definition) is 4. The molecule has 0 aliphatic carbocycles. The number of rotatable bonds is 6. The first-order chi connectivity index (χ1) is 11.6. The van der Waals surface area contributed by atoms with E-state index in [2.05, 4.69) is 26.8 Å². The predicted octanol–water partition coefficient (Wildman–Crippen LogP) is 2.97. The lowest BCUT2D eigenvalue weighted by atomic mass is 10.1. The Hall–Kier alpha value is -2.44. The Labute approximate surface area is 145 Å². The predicted molar refractivity (Wildman–Crippen MR) is 96.6 cm³/mol. The summed E-state index contributed by atoms with van der Waals surface area (Å²) < 4.78 is 1.76. The summed E-state index contributed by atoms with van der Waals surface area (Å²) in [4.78, 5) is 15.8. The lowest BCUT2D eigenvalue weighted by molar-refractivity contribution is 0.0942. The van der Waals surface area contributed by atoms with Crippen LogP contribution in [0.2, 0.25) is 0 Å². The monoisotopic (exact) mass is 340 g/mol. The molecule has 1 unspecified atom stereocenters. The van der Waals surface area contributed by atoms with Gasteiger partial charge in [-0.1, -0.05) is 6.07 Å². The number of aromatic nitrogens is 2. The summed E-state index contributed by atoms with van der Waals surface area (Å²) >= 11 is 1.70. The standard InChI is InChI=1S/C18H20N4OS/c1-21(2)16(17-5-3-12-24-17)13-19-18(23)14-6-8-15(9-7-14)22-11-4-10-20-22/h3-12,16H,13H2,1-2H3,(H,19,23).